The number of rotatable bonds is 1. The zero-order chi connectivity index (χ0) is 13.5. The van der Waals surface area contributed by atoms with Crippen LogP contribution in [0.2, 0.25) is 0 Å². The van der Waals surface area contributed by atoms with Crippen molar-refractivity contribution in [2.75, 3.05) is 0 Å². The molecule has 0 aliphatic carbocycles. The molecule has 0 aliphatic heterocycles. The highest BCUT2D eigenvalue weighted by Crippen LogP contribution is 2.21. The van der Waals surface area contributed by atoms with E-state index in [-0.39, 0.29) is 11.4 Å². The van der Waals surface area contributed by atoms with Gasteiger partial charge in [0.2, 0.25) is 0 Å². The first-order valence-electron chi connectivity index (χ1n) is 6.19. The van der Waals surface area contributed by atoms with Crippen LogP contribution in [0.5, 0.6) is 0 Å². The summed E-state index contributed by atoms with van der Waals surface area (Å²) in [6.07, 6.45) is 0. The van der Waals surface area contributed by atoms with Crippen molar-refractivity contribution in [3.8, 4) is 0 Å². The number of aromatic nitrogens is 1. The third kappa shape index (κ3) is 2.55. The average molecular weight is 244 g/mol. The van der Waals surface area contributed by atoms with Gasteiger partial charge in [-0.05, 0) is 57.9 Å². The minimum Gasteiger partial charge on any atom is -0.351 e. The highest BCUT2D eigenvalue weighted by Gasteiger charge is 2.17. The summed E-state index contributed by atoms with van der Waals surface area (Å²) < 4.78 is 0. The minimum atomic E-state index is -0.223. The lowest BCUT2D eigenvalue weighted by atomic mass is 10.1. The average Bonchev–Trinajstić information content (AvgIpc) is 2.58. The molecule has 0 unspecified atom stereocenters. The Hall–Kier alpha value is -1.77. The number of benzene rings is 1. The molecule has 0 bridgehead atoms. The van der Waals surface area contributed by atoms with E-state index in [1.807, 2.05) is 26.8 Å². The first-order valence-corrected chi connectivity index (χ1v) is 6.19. The van der Waals surface area contributed by atoms with Crippen LogP contribution in [0.15, 0.2) is 18.2 Å². The summed E-state index contributed by atoms with van der Waals surface area (Å²) in [6, 6.07) is 6.11. The topological polar surface area (TPSA) is 44.9 Å². The van der Waals surface area contributed by atoms with Crippen molar-refractivity contribution in [3.63, 3.8) is 0 Å². The highest BCUT2D eigenvalue weighted by molar-refractivity contribution is 5.99. The van der Waals surface area contributed by atoms with Gasteiger partial charge in [0.25, 0.3) is 5.91 Å². The van der Waals surface area contributed by atoms with Crippen molar-refractivity contribution < 1.29 is 4.79 Å². The quantitative estimate of drug-likeness (QED) is 0.794. The van der Waals surface area contributed by atoms with Crippen molar-refractivity contribution in [1.29, 1.82) is 0 Å². The van der Waals surface area contributed by atoms with E-state index in [4.69, 9.17) is 0 Å². The fourth-order valence-electron chi connectivity index (χ4n) is 2.13. The Morgan fingerprint density at radius 3 is 2.44 bits per heavy atom. The van der Waals surface area contributed by atoms with E-state index in [9.17, 15) is 4.79 Å². The van der Waals surface area contributed by atoms with Gasteiger partial charge in [0, 0.05) is 16.4 Å². The van der Waals surface area contributed by atoms with Crippen LogP contribution in [0.4, 0.5) is 0 Å². The van der Waals surface area contributed by atoms with E-state index in [1.165, 1.54) is 11.1 Å². The van der Waals surface area contributed by atoms with Crippen LogP contribution >= 0.6 is 0 Å². The third-order valence-corrected chi connectivity index (χ3v) is 2.82. The van der Waals surface area contributed by atoms with Gasteiger partial charge < -0.3 is 10.3 Å². The van der Waals surface area contributed by atoms with Crippen LogP contribution in [0.25, 0.3) is 10.9 Å². The number of carbonyl (C=O) groups excluding carboxylic acids is 1. The molecule has 0 atom stereocenters. The molecule has 1 aromatic heterocycles. The molecule has 18 heavy (non-hydrogen) atoms. The lowest BCUT2D eigenvalue weighted by molar-refractivity contribution is 0.0915. The molecule has 1 amide bonds. The number of fused-ring (bicyclic) bond motifs is 1. The SMILES string of the molecule is Cc1cc(C)c2cc(C(=O)NC(C)(C)C)[nH]c2c1. The van der Waals surface area contributed by atoms with Gasteiger partial charge in [-0.1, -0.05) is 6.07 Å². The monoisotopic (exact) mass is 244 g/mol. The number of carbonyl (C=O) groups is 1. The Bertz CT molecular complexity index is 603. The fourth-order valence-corrected chi connectivity index (χ4v) is 2.13. The van der Waals surface area contributed by atoms with Crippen molar-refractivity contribution in [3.05, 3.63) is 35.0 Å². The number of aryl methyl sites for hydroxylation is 2. The molecule has 2 rings (SSSR count). The molecule has 2 N–H and O–H groups in total. The molecular weight excluding hydrogens is 224 g/mol. The van der Waals surface area contributed by atoms with Crippen molar-refractivity contribution in [2.45, 2.75) is 40.2 Å². The molecule has 3 nitrogen and oxygen atoms in total. The van der Waals surface area contributed by atoms with Crippen LogP contribution < -0.4 is 5.32 Å². The molecule has 1 heterocycles. The number of amides is 1. The molecule has 3 heteroatoms. The van der Waals surface area contributed by atoms with E-state index in [0.717, 1.165) is 10.9 Å². The maximum absolute atomic E-state index is 12.1. The van der Waals surface area contributed by atoms with Gasteiger partial charge in [0.15, 0.2) is 0 Å². The second-order valence-corrected chi connectivity index (χ2v) is 5.93. The maximum Gasteiger partial charge on any atom is 0.268 e. The van der Waals surface area contributed by atoms with E-state index < -0.39 is 0 Å². The smallest absolute Gasteiger partial charge is 0.268 e. The summed E-state index contributed by atoms with van der Waals surface area (Å²) in [5, 5.41) is 4.07. The maximum atomic E-state index is 12.1. The minimum absolute atomic E-state index is 0.0595. The predicted octanol–water partition coefficient (Wildman–Crippen LogP) is 3.31. The lowest BCUT2D eigenvalue weighted by Crippen LogP contribution is -2.40. The molecule has 0 spiro atoms. The van der Waals surface area contributed by atoms with Gasteiger partial charge in [0.05, 0.1) is 0 Å². The van der Waals surface area contributed by atoms with E-state index in [0.29, 0.717) is 5.69 Å². The molecular formula is C15H20N2O. The number of hydrogen-bond acceptors (Lipinski definition) is 1. The van der Waals surface area contributed by atoms with Crippen molar-refractivity contribution in [2.24, 2.45) is 0 Å². The number of hydrogen-bond donors (Lipinski definition) is 2. The fraction of sp³-hybridized carbons (Fsp3) is 0.400. The zero-order valence-corrected chi connectivity index (χ0v) is 11.6. The molecule has 2 aromatic rings. The second kappa shape index (κ2) is 4.16. The molecule has 1 aromatic carbocycles. The Kier molecular flexibility index (Phi) is 2.93. The number of nitrogens with one attached hydrogen (secondary N) is 2. The number of aromatic amines is 1. The van der Waals surface area contributed by atoms with E-state index in [2.05, 4.69) is 36.3 Å². The van der Waals surface area contributed by atoms with Gasteiger partial charge in [-0.25, -0.2) is 0 Å². The molecule has 0 fully saturated rings. The van der Waals surface area contributed by atoms with Crippen LogP contribution in [0.1, 0.15) is 42.4 Å². The van der Waals surface area contributed by atoms with Gasteiger partial charge in [-0.15, -0.1) is 0 Å². The molecule has 0 radical (unpaired) electrons. The van der Waals surface area contributed by atoms with Gasteiger partial charge in [-0.2, -0.15) is 0 Å². The number of H-pyrrole nitrogens is 1. The Morgan fingerprint density at radius 2 is 1.83 bits per heavy atom. The first-order chi connectivity index (χ1) is 8.26. The zero-order valence-electron chi connectivity index (χ0n) is 11.6. The molecule has 0 saturated heterocycles. The van der Waals surface area contributed by atoms with E-state index >= 15 is 0 Å². The predicted molar refractivity (Wildman–Crippen MR) is 75.0 cm³/mol. The summed E-state index contributed by atoms with van der Waals surface area (Å²) in [5.41, 5.74) is 3.81. The summed E-state index contributed by atoms with van der Waals surface area (Å²) >= 11 is 0. The normalized spacial score (nSPS) is 11.8. The summed E-state index contributed by atoms with van der Waals surface area (Å²) in [6.45, 7) is 10.0. The molecule has 0 saturated carbocycles. The van der Waals surface area contributed by atoms with Gasteiger partial charge in [-0.3, -0.25) is 4.79 Å². The third-order valence-electron chi connectivity index (χ3n) is 2.82. The van der Waals surface area contributed by atoms with Crippen molar-refractivity contribution in [1.82, 2.24) is 10.3 Å². The van der Waals surface area contributed by atoms with Crippen LogP contribution in [0, 0.1) is 13.8 Å². The van der Waals surface area contributed by atoms with Crippen LogP contribution in [-0.2, 0) is 0 Å². The largest absolute Gasteiger partial charge is 0.351 e. The van der Waals surface area contributed by atoms with Gasteiger partial charge in [0.1, 0.15) is 5.69 Å². The summed E-state index contributed by atoms with van der Waals surface area (Å²) in [4.78, 5) is 15.3. The lowest BCUT2D eigenvalue weighted by Gasteiger charge is -2.19. The van der Waals surface area contributed by atoms with E-state index in [1.54, 1.807) is 0 Å². The van der Waals surface area contributed by atoms with Crippen molar-refractivity contribution >= 4 is 16.8 Å². The van der Waals surface area contributed by atoms with Crippen LogP contribution in [0.3, 0.4) is 0 Å². The second-order valence-electron chi connectivity index (χ2n) is 5.93. The Morgan fingerprint density at radius 1 is 1.17 bits per heavy atom. The highest BCUT2D eigenvalue weighted by atomic mass is 16.2. The van der Waals surface area contributed by atoms with Gasteiger partial charge >= 0.3 is 0 Å². The summed E-state index contributed by atoms with van der Waals surface area (Å²) in [7, 11) is 0. The molecule has 96 valence electrons. The standard InChI is InChI=1S/C15H20N2O/c1-9-6-10(2)11-8-13(16-12(11)7-9)14(18)17-15(3,4)5/h6-8,16H,1-5H3,(H,17,18). The first kappa shape index (κ1) is 12.7. The molecule has 0 aliphatic rings. The Balaban J connectivity index is 2.42. The van der Waals surface area contributed by atoms with Crippen LogP contribution in [-0.4, -0.2) is 16.4 Å². The summed E-state index contributed by atoms with van der Waals surface area (Å²) in [5.74, 6) is -0.0595. The Labute approximate surface area is 108 Å².